The van der Waals surface area contributed by atoms with Gasteiger partial charge >= 0.3 is 0 Å². The monoisotopic (exact) mass is 284 g/mol. The van der Waals surface area contributed by atoms with Gasteiger partial charge in [-0.1, -0.05) is 18.2 Å². The van der Waals surface area contributed by atoms with Gasteiger partial charge in [0.2, 0.25) is 11.8 Å². The summed E-state index contributed by atoms with van der Waals surface area (Å²) in [6, 6.07) is 4.95. The zero-order valence-electron chi connectivity index (χ0n) is 12.0. The molecule has 1 aromatic rings. The number of carbonyl (C=O) groups is 3. The van der Waals surface area contributed by atoms with Crippen LogP contribution in [0.3, 0.4) is 0 Å². The van der Waals surface area contributed by atoms with Crippen molar-refractivity contribution in [1.29, 1.82) is 0 Å². The van der Waals surface area contributed by atoms with Gasteiger partial charge in [-0.3, -0.25) is 24.6 Å². The number of fused-ring (bicyclic) bond motifs is 1. The van der Waals surface area contributed by atoms with Crippen molar-refractivity contribution in [2.24, 2.45) is 0 Å². The Morgan fingerprint density at radius 1 is 1.29 bits per heavy atom. The van der Waals surface area contributed by atoms with E-state index in [1.807, 2.05) is 32.1 Å². The van der Waals surface area contributed by atoms with E-state index in [1.54, 1.807) is 6.07 Å². The van der Waals surface area contributed by atoms with Crippen molar-refractivity contribution in [3.05, 3.63) is 41.0 Å². The van der Waals surface area contributed by atoms with Crippen molar-refractivity contribution < 1.29 is 14.4 Å². The number of carbonyl (C=O) groups excluding carboxylic acids is 3. The number of allylic oxidation sites excluding steroid dienone is 1. The molecule has 3 rings (SSSR count). The smallest absolute Gasteiger partial charge is 0.259 e. The highest BCUT2D eigenvalue weighted by Gasteiger charge is 2.42. The molecule has 0 saturated carbocycles. The summed E-state index contributed by atoms with van der Waals surface area (Å²) < 4.78 is 0. The summed E-state index contributed by atoms with van der Waals surface area (Å²) in [5.74, 6) is -0.848. The lowest BCUT2D eigenvalue weighted by Crippen LogP contribution is -2.52. The van der Waals surface area contributed by atoms with Crippen LogP contribution in [0.1, 0.15) is 41.3 Å². The van der Waals surface area contributed by atoms with Crippen molar-refractivity contribution in [3.8, 4) is 0 Å². The SMILES string of the molecule is C/C=C1\c2c(C)cccc2C(=O)N1C1CCC(=O)NC1=O. The molecular formula is C16H16N2O3. The van der Waals surface area contributed by atoms with E-state index in [4.69, 9.17) is 0 Å². The van der Waals surface area contributed by atoms with Gasteiger partial charge in [0.15, 0.2) is 0 Å². The van der Waals surface area contributed by atoms with Gasteiger partial charge in [-0.05, 0) is 31.9 Å². The number of nitrogens with one attached hydrogen (secondary N) is 1. The fraction of sp³-hybridized carbons (Fsp3) is 0.312. The fourth-order valence-electron chi connectivity index (χ4n) is 3.07. The van der Waals surface area contributed by atoms with E-state index in [0.717, 1.165) is 16.8 Å². The van der Waals surface area contributed by atoms with Crippen LogP contribution in [-0.2, 0) is 9.59 Å². The molecule has 0 aliphatic carbocycles. The maximum atomic E-state index is 12.7. The summed E-state index contributed by atoms with van der Waals surface area (Å²) in [4.78, 5) is 37.6. The van der Waals surface area contributed by atoms with Gasteiger partial charge in [-0.15, -0.1) is 0 Å². The molecule has 0 aromatic heterocycles. The number of benzene rings is 1. The van der Waals surface area contributed by atoms with Crippen LogP contribution in [0.5, 0.6) is 0 Å². The van der Waals surface area contributed by atoms with Crippen LogP contribution < -0.4 is 5.32 Å². The Balaban J connectivity index is 2.06. The van der Waals surface area contributed by atoms with Gasteiger partial charge in [-0.2, -0.15) is 0 Å². The van der Waals surface area contributed by atoms with E-state index in [0.29, 0.717) is 12.0 Å². The number of aryl methyl sites for hydroxylation is 1. The summed E-state index contributed by atoms with van der Waals surface area (Å²) in [7, 11) is 0. The summed E-state index contributed by atoms with van der Waals surface area (Å²) in [5, 5.41) is 2.31. The van der Waals surface area contributed by atoms with Gasteiger partial charge in [0, 0.05) is 23.2 Å². The molecule has 21 heavy (non-hydrogen) atoms. The Hall–Kier alpha value is -2.43. The minimum Gasteiger partial charge on any atom is -0.296 e. The van der Waals surface area contributed by atoms with Crippen LogP contribution in [0.2, 0.25) is 0 Å². The van der Waals surface area contributed by atoms with Crippen LogP contribution in [0, 0.1) is 6.92 Å². The number of imide groups is 1. The zero-order chi connectivity index (χ0) is 15.1. The second-order valence-electron chi connectivity index (χ2n) is 5.31. The van der Waals surface area contributed by atoms with Crippen LogP contribution >= 0.6 is 0 Å². The molecule has 0 spiro atoms. The average Bonchev–Trinajstić information content (AvgIpc) is 2.73. The Bertz CT molecular complexity index is 691. The second-order valence-corrected chi connectivity index (χ2v) is 5.31. The van der Waals surface area contributed by atoms with Gasteiger partial charge in [0.05, 0.1) is 0 Å². The highest BCUT2D eigenvalue weighted by atomic mass is 16.2. The molecular weight excluding hydrogens is 268 g/mol. The van der Waals surface area contributed by atoms with E-state index in [9.17, 15) is 14.4 Å². The van der Waals surface area contributed by atoms with Crippen LogP contribution in [0.4, 0.5) is 0 Å². The van der Waals surface area contributed by atoms with E-state index < -0.39 is 11.9 Å². The summed E-state index contributed by atoms with van der Waals surface area (Å²) in [6.45, 7) is 3.80. The Labute approximate surface area is 122 Å². The number of rotatable bonds is 1. The molecule has 5 nitrogen and oxygen atoms in total. The molecule has 108 valence electrons. The lowest BCUT2D eigenvalue weighted by atomic mass is 10.0. The predicted molar refractivity (Wildman–Crippen MR) is 77.2 cm³/mol. The van der Waals surface area contributed by atoms with Gasteiger partial charge in [0.25, 0.3) is 5.91 Å². The Morgan fingerprint density at radius 3 is 2.71 bits per heavy atom. The topological polar surface area (TPSA) is 66.5 Å². The predicted octanol–water partition coefficient (Wildman–Crippen LogP) is 1.62. The van der Waals surface area contributed by atoms with Crippen LogP contribution in [0.25, 0.3) is 5.70 Å². The molecule has 2 heterocycles. The van der Waals surface area contributed by atoms with E-state index in [-0.39, 0.29) is 18.2 Å². The molecule has 1 saturated heterocycles. The van der Waals surface area contributed by atoms with E-state index in [1.165, 1.54) is 4.90 Å². The molecule has 1 atom stereocenters. The van der Waals surface area contributed by atoms with Crippen LogP contribution in [-0.4, -0.2) is 28.7 Å². The molecule has 1 aromatic carbocycles. The summed E-state index contributed by atoms with van der Waals surface area (Å²) in [5.41, 5.74) is 3.26. The van der Waals surface area contributed by atoms with Crippen LogP contribution in [0.15, 0.2) is 24.3 Å². The second kappa shape index (κ2) is 4.84. The third-order valence-electron chi connectivity index (χ3n) is 4.03. The van der Waals surface area contributed by atoms with E-state index >= 15 is 0 Å². The zero-order valence-corrected chi connectivity index (χ0v) is 12.0. The lowest BCUT2D eigenvalue weighted by Gasteiger charge is -2.30. The molecule has 1 unspecified atom stereocenters. The first-order chi connectivity index (χ1) is 10.0. The number of nitrogens with zero attached hydrogens (tertiary/aromatic N) is 1. The number of amides is 3. The maximum Gasteiger partial charge on any atom is 0.259 e. The fourth-order valence-corrected chi connectivity index (χ4v) is 3.07. The van der Waals surface area contributed by atoms with Crippen molar-refractivity contribution in [2.45, 2.75) is 32.7 Å². The minimum atomic E-state index is -0.617. The quantitative estimate of drug-likeness (QED) is 0.797. The number of hydrogen-bond donors (Lipinski definition) is 1. The van der Waals surface area contributed by atoms with Crippen molar-refractivity contribution in [3.63, 3.8) is 0 Å². The molecule has 3 amide bonds. The highest BCUT2D eigenvalue weighted by molar-refractivity contribution is 6.13. The lowest BCUT2D eigenvalue weighted by molar-refractivity contribution is -0.136. The Morgan fingerprint density at radius 2 is 2.05 bits per heavy atom. The highest BCUT2D eigenvalue weighted by Crippen LogP contribution is 2.37. The van der Waals surface area contributed by atoms with E-state index in [2.05, 4.69) is 5.32 Å². The minimum absolute atomic E-state index is 0.170. The molecule has 0 radical (unpaired) electrons. The average molecular weight is 284 g/mol. The number of hydrogen-bond acceptors (Lipinski definition) is 3. The Kier molecular flexibility index (Phi) is 3.12. The van der Waals surface area contributed by atoms with Gasteiger partial charge in [-0.25, -0.2) is 0 Å². The number of piperidine rings is 1. The first-order valence-corrected chi connectivity index (χ1v) is 6.98. The van der Waals surface area contributed by atoms with Gasteiger partial charge in [0.1, 0.15) is 6.04 Å². The maximum absolute atomic E-state index is 12.7. The first-order valence-electron chi connectivity index (χ1n) is 6.98. The summed E-state index contributed by atoms with van der Waals surface area (Å²) in [6.07, 6.45) is 2.47. The molecule has 5 heteroatoms. The third kappa shape index (κ3) is 1.96. The molecule has 0 bridgehead atoms. The molecule has 2 aliphatic heterocycles. The van der Waals surface area contributed by atoms with Crippen molar-refractivity contribution >= 4 is 23.4 Å². The standard InChI is InChI=1S/C16H16N2O3/c1-3-11-14-9(2)5-4-6-10(14)16(21)18(11)12-7-8-13(19)17-15(12)20/h3-6,12H,7-8H2,1-2H3,(H,17,19,20)/b11-3+. The summed E-state index contributed by atoms with van der Waals surface area (Å²) >= 11 is 0. The van der Waals surface area contributed by atoms with Crippen molar-refractivity contribution in [2.75, 3.05) is 0 Å². The molecule has 1 fully saturated rings. The van der Waals surface area contributed by atoms with Gasteiger partial charge < -0.3 is 0 Å². The molecule has 2 aliphatic rings. The molecule has 1 N–H and O–H groups in total. The largest absolute Gasteiger partial charge is 0.296 e. The first kappa shape index (κ1) is 13.5. The normalized spacial score (nSPS) is 23.5. The third-order valence-corrected chi connectivity index (χ3v) is 4.03. The van der Waals surface area contributed by atoms with Crippen molar-refractivity contribution in [1.82, 2.24) is 10.2 Å².